The number of nitrogens with one attached hydrogen (secondary N) is 1. The van der Waals surface area contributed by atoms with Crippen LogP contribution in [0.1, 0.15) is 43.5 Å². The van der Waals surface area contributed by atoms with Crippen molar-refractivity contribution in [1.82, 2.24) is 15.5 Å². The Morgan fingerprint density at radius 1 is 1.38 bits per heavy atom. The second-order valence-electron chi connectivity index (χ2n) is 5.62. The van der Waals surface area contributed by atoms with E-state index >= 15 is 0 Å². The van der Waals surface area contributed by atoms with Crippen LogP contribution < -0.4 is 10.1 Å². The molecule has 9 heteroatoms. The van der Waals surface area contributed by atoms with Gasteiger partial charge in [-0.15, -0.1) is 0 Å². The van der Waals surface area contributed by atoms with E-state index in [0.29, 0.717) is 34.6 Å². The summed E-state index contributed by atoms with van der Waals surface area (Å²) in [5.41, 5.74) is 0.467. The lowest BCUT2D eigenvalue weighted by Gasteiger charge is -2.12. The average Bonchev–Trinajstić information content (AvgIpc) is 3.02. The third-order valence-corrected chi connectivity index (χ3v) is 3.99. The highest BCUT2D eigenvalue weighted by Gasteiger charge is 2.12. The maximum atomic E-state index is 12.4. The summed E-state index contributed by atoms with van der Waals surface area (Å²) in [7, 11) is 0. The number of benzene rings is 1. The maximum Gasteiger partial charge on any atom is 0.387 e. The molecule has 0 saturated heterocycles. The van der Waals surface area contributed by atoms with Crippen molar-refractivity contribution in [2.24, 2.45) is 0 Å². The van der Waals surface area contributed by atoms with E-state index in [1.54, 1.807) is 12.1 Å². The van der Waals surface area contributed by atoms with Gasteiger partial charge in [-0.1, -0.05) is 28.0 Å². The molecule has 0 aliphatic rings. The van der Waals surface area contributed by atoms with Crippen LogP contribution in [0.2, 0.25) is 0 Å². The number of ether oxygens (including phenoxy) is 1. The van der Waals surface area contributed by atoms with Crippen molar-refractivity contribution < 1.29 is 22.8 Å². The van der Waals surface area contributed by atoms with Crippen molar-refractivity contribution >= 4 is 21.8 Å². The van der Waals surface area contributed by atoms with Gasteiger partial charge in [0, 0.05) is 35.8 Å². The van der Waals surface area contributed by atoms with Crippen molar-refractivity contribution in [1.29, 1.82) is 0 Å². The molecule has 1 amide bonds. The van der Waals surface area contributed by atoms with Gasteiger partial charge >= 0.3 is 6.61 Å². The monoisotopic (exact) mass is 431 g/mol. The summed E-state index contributed by atoms with van der Waals surface area (Å²) < 4.78 is 35.2. The van der Waals surface area contributed by atoms with E-state index in [0.717, 1.165) is 12.8 Å². The molecular formula is C17H20BrF2N3O3. The van der Waals surface area contributed by atoms with Crippen LogP contribution in [0.25, 0.3) is 0 Å². The number of alkyl halides is 2. The predicted octanol–water partition coefficient (Wildman–Crippen LogP) is 4.03. The van der Waals surface area contributed by atoms with Gasteiger partial charge < -0.3 is 14.6 Å². The zero-order valence-corrected chi connectivity index (χ0v) is 15.9. The van der Waals surface area contributed by atoms with Gasteiger partial charge in [0.2, 0.25) is 11.8 Å². The Morgan fingerprint density at radius 3 is 2.92 bits per heavy atom. The van der Waals surface area contributed by atoms with Crippen molar-refractivity contribution in [2.75, 3.05) is 0 Å². The smallest absolute Gasteiger partial charge is 0.387 e. The first kappa shape index (κ1) is 20.3. The summed E-state index contributed by atoms with van der Waals surface area (Å²) in [5, 5.41) is 6.56. The molecule has 142 valence electrons. The molecule has 0 radical (unpaired) electrons. The largest absolute Gasteiger partial charge is 0.434 e. The summed E-state index contributed by atoms with van der Waals surface area (Å²) in [6.45, 7) is -0.789. The van der Waals surface area contributed by atoms with Crippen LogP contribution in [0.15, 0.2) is 27.2 Å². The zero-order chi connectivity index (χ0) is 18.9. The molecule has 26 heavy (non-hydrogen) atoms. The fourth-order valence-corrected chi connectivity index (χ4v) is 2.70. The van der Waals surface area contributed by atoms with E-state index in [4.69, 9.17) is 4.52 Å². The third kappa shape index (κ3) is 6.70. The van der Waals surface area contributed by atoms with Gasteiger partial charge in [-0.25, -0.2) is 0 Å². The Labute approximate surface area is 158 Å². The minimum Gasteiger partial charge on any atom is -0.434 e. The number of amides is 1. The minimum atomic E-state index is -2.92. The number of aromatic nitrogens is 2. The van der Waals surface area contributed by atoms with E-state index < -0.39 is 6.61 Å². The summed E-state index contributed by atoms with van der Waals surface area (Å²) >= 11 is 3.27. The van der Waals surface area contributed by atoms with Gasteiger partial charge in [0.25, 0.3) is 0 Å². The van der Waals surface area contributed by atoms with Crippen molar-refractivity contribution in [3.05, 3.63) is 40.0 Å². The van der Waals surface area contributed by atoms with E-state index in [2.05, 4.69) is 36.1 Å². The van der Waals surface area contributed by atoms with Gasteiger partial charge in [-0.2, -0.15) is 13.8 Å². The summed E-state index contributed by atoms with van der Waals surface area (Å²) in [4.78, 5) is 16.2. The number of aryl methyl sites for hydroxylation is 2. The second-order valence-corrected chi connectivity index (χ2v) is 6.53. The molecule has 0 aliphatic heterocycles. The molecule has 0 atom stereocenters. The number of rotatable bonds is 10. The Kier molecular flexibility index (Phi) is 7.96. The fourth-order valence-electron chi connectivity index (χ4n) is 2.30. The molecule has 2 aromatic rings. The lowest BCUT2D eigenvalue weighted by molar-refractivity contribution is -0.121. The number of carbonyl (C=O) groups is 1. The molecule has 2 rings (SSSR count). The van der Waals surface area contributed by atoms with E-state index in [1.165, 1.54) is 6.07 Å². The molecule has 0 fully saturated rings. The molecule has 1 N–H and O–H groups in total. The molecule has 1 aromatic heterocycles. The van der Waals surface area contributed by atoms with Crippen molar-refractivity contribution in [3.8, 4) is 5.75 Å². The first-order valence-corrected chi connectivity index (χ1v) is 9.08. The molecular weight excluding hydrogens is 412 g/mol. The number of halogens is 3. The highest BCUT2D eigenvalue weighted by molar-refractivity contribution is 9.10. The Hall–Kier alpha value is -2.03. The zero-order valence-electron chi connectivity index (χ0n) is 14.3. The van der Waals surface area contributed by atoms with Crippen LogP contribution in [-0.4, -0.2) is 22.7 Å². The number of hydrogen-bond donors (Lipinski definition) is 1. The van der Waals surface area contributed by atoms with E-state index in [-0.39, 0.29) is 24.6 Å². The van der Waals surface area contributed by atoms with Gasteiger partial charge in [0.15, 0.2) is 5.82 Å². The van der Waals surface area contributed by atoms with Crippen molar-refractivity contribution in [2.45, 2.75) is 52.2 Å². The first-order chi connectivity index (χ1) is 12.5. The first-order valence-electron chi connectivity index (χ1n) is 8.29. The number of nitrogens with zero attached hydrogens (tertiary/aromatic N) is 2. The van der Waals surface area contributed by atoms with Crippen LogP contribution >= 0.6 is 15.9 Å². The molecule has 1 aromatic carbocycles. The van der Waals surface area contributed by atoms with Crippen LogP contribution in [0.4, 0.5) is 8.78 Å². The van der Waals surface area contributed by atoms with Gasteiger partial charge in [-0.3, -0.25) is 4.79 Å². The highest BCUT2D eigenvalue weighted by atomic mass is 79.9. The average molecular weight is 432 g/mol. The number of carbonyl (C=O) groups excluding carboxylic acids is 1. The molecule has 1 heterocycles. The Balaban J connectivity index is 1.78. The minimum absolute atomic E-state index is 0.0396. The summed E-state index contributed by atoms with van der Waals surface area (Å²) in [5.74, 6) is 1.04. The van der Waals surface area contributed by atoms with Crippen molar-refractivity contribution in [3.63, 3.8) is 0 Å². The maximum absolute atomic E-state index is 12.4. The molecule has 0 aliphatic carbocycles. The highest BCUT2D eigenvalue weighted by Crippen LogP contribution is 2.24. The molecule has 0 unspecified atom stereocenters. The molecule has 0 spiro atoms. The lowest BCUT2D eigenvalue weighted by Crippen LogP contribution is -2.23. The van der Waals surface area contributed by atoms with Gasteiger partial charge in [-0.05, 0) is 31.0 Å². The Bertz CT molecular complexity index is 725. The SMILES string of the molecule is CCCc1noc(CCCC(=O)NCc2cc(Br)ccc2OC(F)F)n1. The van der Waals surface area contributed by atoms with Crippen LogP contribution in [0.5, 0.6) is 5.75 Å². The van der Waals surface area contributed by atoms with Crippen LogP contribution in [-0.2, 0) is 24.2 Å². The standard InChI is InChI=1S/C17H20BrF2N3O3/c1-2-4-14-22-16(26-23-14)6-3-5-15(24)21-10-11-9-12(18)7-8-13(11)25-17(19)20/h7-9,17H,2-6,10H2,1H3,(H,21,24). The normalized spacial score (nSPS) is 11.0. The summed E-state index contributed by atoms with van der Waals surface area (Å²) in [6.07, 6.45) is 3.04. The quantitative estimate of drug-likeness (QED) is 0.614. The van der Waals surface area contributed by atoms with Gasteiger partial charge in [0.05, 0.1) is 0 Å². The van der Waals surface area contributed by atoms with E-state index in [9.17, 15) is 13.6 Å². The topological polar surface area (TPSA) is 77.2 Å². The number of hydrogen-bond acceptors (Lipinski definition) is 5. The lowest BCUT2D eigenvalue weighted by atomic mass is 10.2. The second kappa shape index (κ2) is 10.2. The van der Waals surface area contributed by atoms with Gasteiger partial charge in [0.1, 0.15) is 5.75 Å². The van der Waals surface area contributed by atoms with E-state index in [1.807, 2.05) is 6.92 Å². The van der Waals surface area contributed by atoms with Crippen LogP contribution in [0.3, 0.4) is 0 Å². The Morgan fingerprint density at radius 2 is 2.19 bits per heavy atom. The molecule has 0 saturated carbocycles. The predicted molar refractivity (Wildman–Crippen MR) is 93.9 cm³/mol. The molecule has 0 bridgehead atoms. The van der Waals surface area contributed by atoms with Crippen LogP contribution in [0, 0.1) is 0 Å². The molecule has 6 nitrogen and oxygen atoms in total. The third-order valence-electron chi connectivity index (χ3n) is 3.49. The fraction of sp³-hybridized carbons (Fsp3) is 0.471. The summed E-state index contributed by atoms with van der Waals surface area (Å²) in [6, 6.07) is 4.66.